The molecule has 0 radical (unpaired) electrons. The van der Waals surface area contributed by atoms with E-state index < -0.39 is 6.10 Å². The number of ether oxygens (including phenoxy) is 2. The molecule has 1 aliphatic heterocycles. The first-order valence-corrected chi connectivity index (χ1v) is 9.69. The summed E-state index contributed by atoms with van der Waals surface area (Å²) >= 11 is 0. The Kier molecular flexibility index (Phi) is 4.95. The summed E-state index contributed by atoms with van der Waals surface area (Å²) in [6.07, 6.45) is 6.62. The average molecular weight is 360 g/mol. The predicted octanol–water partition coefficient (Wildman–Crippen LogP) is 4.10. The van der Waals surface area contributed by atoms with Gasteiger partial charge in [-0.1, -0.05) is 32.1 Å². The number of aliphatic hydroxyl groups excluding tert-OH is 1. The Labute approximate surface area is 156 Å². The van der Waals surface area contributed by atoms with Gasteiger partial charge < -0.3 is 14.6 Å². The molecule has 0 amide bonds. The largest absolute Gasteiger partial charge is 0.458 e. The molecule has 0 aromatic heterocycles. The van der Waals surface area contributed by atoms with Gasteiger partial charge in [-0.25, -0.2) is 0 Å². The van der Waals surface area contributed by atoms with E-state index in [9.17, 15) is 9.90 Å². The molecule has 0 aromatic carbocycles. The van der Waals surface area contributed by atoms with Crippen molar-refractivity contribution in [3.8, 4) is 0 Å². The number of epoxide rings is 1. The number of carbonyl (C=O) groups excluding carboxylic acids is 1. The van der Waals surface area contributed by atoms with E-state index in [4.69, 9.17) is 9.47 Å². The second-order valence-electron chi connectivity index (χ2n) is 8.77. The summed E-state index contributed by atoms with van der Waals surface area (Å²) in [6, 6.07) is 0. The molecule has 1 fully saturated rings. The van der Waals surface area contributed by atoms with Crippen LogP contribution in [0.1, 0.15) is 60.3 Å². The number of fused-ring (bicyclic) bond motifs is 3. The molecule has 1 heterocycles. The summed E-state index contributed by atoms with van der Waals surface area (Å²) in [7, 11) is 0. The molecule has 2 aliphatic carbocycles. The van der Waals surface area contributed by atoms with Crippen LogP contribution in [0.25, 0.3) is 0 Å². The van der Waals surface area contributed by atoms with Crippen LogP contribution in [0.15, 0.2) is 35.5 Å². The Balaban J connectivity index is 2.03. The van der Waals surface area contributed by atoms with Gasteiger partial charge in [0, 0.05) is 12.8 Å². The van der Waals surface area contributed by atoms with Crippen molar-refractivity contribution >= 4 is 5.97 Å². The molecule has 2 bridgehead atoms. The number of allylic oxidation sites excluding steroid dienone is 2. The SMILES string of the molecule is C=C1C2=C[C@H](OC(C)=O)[C@@H](C)[C@]1(C)CC/C(C)=C/CC[C@@]1(C)O[C@@H]1[C@@H]2O. The third-order valence-electron chi connectivity index (χ3n) is 6.90. The van der Waals surface area contributed by atoms with E-state index in [-0.39, 0.29) is 35.1 Å². The molecule has 0 unspecified atom stereocenters. The maximum atomic E-state index is 11.6. The van der Waals surface area contributed by atoms with Crippen LogP contribution in [0, 0.1) is 11.3 Å². The molecule has 4 nitrogen and oxygen atoms in total. The molecule has 0 saturated carbocycles. The Morgan fingerprint density at radius 2 is 2.08 bits per heavy atom. The molecular formula is C22H32O4. The molecule has 4 heteroatoms. The standard InChI is InChI=1S/C22H32O4/c1-13-8-7-10-22(6)20(26-22)19(24)17-12-18(25-16(4)23)15(3)21(5,11-9-13)14(17)2/h8,12,15,18-20,24H,2,7,9-11H2,1,3-6H3/b13-8+/t15-,18+,19-,20-,21-,22-/m1/s1. The first-order valence-electron chi connectivity index (χ1n) is 9.69. The lowest BCUT2D eigenvalue weighted by Crippen LogP contribution is -2.44. The molecule has 0 aromatic rings. The topological polar surface area (TPSA) is 59.1 Å². The van der Waals surface area contributed by atoms with Crippen molar-refractivity contribution in [3.05, 3.63) is 35.5 Å². The van der Waals surface area contributed by atoms with E-state index in [1.165, 1.54) is 12.5 Å². The van der Waals surface area contributed by atoms with Gasteiger partial charge in [-0.3, -0.25) is 4.79 Å². The summed E-state index contributed by atoms with van der Waals surface area (Å²) in [5.41, 5.74) is 2.56. The first-order chi connectivity index (χ1) is 12.1. The minimum absolute atomic E-state index is 0.0945. The fourth-order valence-electron chi connectivity index (χ4n) is 4.56. The zero-order valence-corrected chi connectivity index (χ0v) is 16.7. The lowest BCUT2D eigenvalue weighted by molar-refractivity contribution is -0.148. The van der Waals surface area contributed by atoms with Crippen molar-refractivity contribution in [3.63, 3.8) is 0 Å². The van der Waals surface area contributed by atoms with E-state index in [2.05, 4.69) is 40.3 Å². The number of carbonyl (C=O) groups is 1. The van der Waals surface area contributed by atoms with Gasteiger partial charge in [0.15, 0.2) is 0 Å². The third kappa shape index (κ3) is 3.29. The van der Waals surface area contributed by atoms with Crippen LogP contribution in [0.3, 0.4) is 0 Å². The second kappa shape index (κ2) is 6.65. The Morgan fingerprint density at radius 1 is 1.38 bits per heavy atom. The van der Waals surface area contributed by atoms with Crippen LogP contribution >= 0.6 is 0 Å². The Bertz CT molecular complexity index is 676. The number of aliphatic hydroxyl groups is 1. The van der Waals surface area contributed by atoms with E-state index in [0.29, 0.717) is 0 Å². The molecule has 0 spiro atoms. The molecule has 1 N–H and O–H groups in total. The van der Waals surface area contributed by atoms with Crippen molar-refractivity contribution in [1.82, 2.24) is 0 Å². The minimum Gasteiger partial charge on any atom is -0.458 e. The van der Waals surface area contributed by atoms with Gasteiger partial charge in [0.2, 0.25) is 0 Å². The molecule has 3 aliphatic rings. The maximum Gasteiger partial charge on any atom is 0.303 e. The molecule has 144 valence electrons. The highest BCUT2D eigenvalue weighted by molar-refractivity contribution is 5.66. The summed E-state index contributed by atoms with van der Waals surface area (Å²) in [5.74, 6) is -0.205. The van der Waals surface area contributed by atoms with Gasteiger partial charge in [0.05, 0.1) is 5.60 Å². The highest BCUT2D eigenvalue weighted by Crippen LogP contribution is 2.53. The van der Waals surface area contributed by atoms with Gasteiger partial charge in [-0.2, -0.15) is 0 Å². The summed E-state index contributed by atoms with van der Waals surface area (Å²) < 4.78 is 11.5. The normalized spacial score (nSPS) is 45.2. The van der Waals surface area contributed by atoms with Crippen LogP contribution in [0.2, 0.25) is 0 Å². The molecule has 6 atom stereocenters. The van der Waals surface area contributed by atoms with E-state index in [1.54, 1.807) is 0 Å². The smallest absolute Gasteiger partial charge is 0.303 e. The zero-order chi connectivity index (χ0) is 19.3. The molecular weight excluding hydrogens is 328 g/mol. The predicted molar refractivity (Wildman–Crippen MR) is 102 cm³/mol. The summed E-state index contributed by atoms with van der Waals surface area (Å²) in [5, 5.41) is 11.0. The maximum absolute atomic E-state index is 11.6. The van der Waals surface area contributed by atoms with Gasteiger partial charge in [-0.05, 0) is 62.2 Å². The van der Waals surface area contributed by atoms with Crippen LogP contribution < -0.4 is 0 Å². The number of esters is 1. The fraction of sp³-hybridized carbons (Fsp3) is 0.682. The lowest BCUT2D eigenvalue weighted by atomic mass is 9.61. The van der Waals surface area contributed by atoms with Crippen molar-refractivity contribution in [2.24, 2.45) is 11.3 Å². The summed E-state index contributed by atoms with van der Waals surface area (Å²) in [6.45, 7) is 14.3. The van der Waals surface area contributed by atoms with Gasteiger partial charge in [0.1, 0.15) is 18.3 Å². The number of hydrogen-bond donors (Lipinski definition) is 1. The van der Waals surface area contributed by atoms with Crippen molar-refractivity contribution < 1.29 is 19.4 Å². The van der Waals surface area contributed by atoms with Crippen molar-refractivity contribution in [2.45, 2.75) is 84.2 Å². The number of hydrogen-bond acceptors (Lipinski definition) is 4. The Morgan fingerprint density at radius 3 is 2.73 bits per heavy atom. The van der Waals surface area contributed by atoms with E-state index >= 15 is 0 Å². The van der Waals surface area contributed by atoms with Crippen LogP contribution in [0.4, 0.5) is 0 Å². The lowest BCUT2D eigenvalue weighted by Gasteiger charge is -2.46. The van der Waals surface area contributed by atoms with Crippen molar-refractivity contribution in [1.29, 1.82) is 0 Å². The van der Waals surface area contributed by atoms with Crippen LogP contribution in [-0.2, 0) is 14.3 Å². The second-order valence-corrected chi connectivity index (χ2v) is 8.77. The first kappa shape index (κ1) is 19.4. The third-order valence-corrected chi connectivity index (χ3v) is 6.90. The van der Waals surface area contributed by atoms with Crippen molar-refractivity contribution in [2.75, 3.05) is 0 Å². The highest BCUT2D eigenvalue weighted by atomic mass is 16.6. The Hall–Kier alpha value is -1.39. The molecule has 1 saturated heterocycles. The van der Waals surface area contributed by atoms with Crippen LogP contribution in [0.5, 0.6) is 0 Å². The van der Waals surface area contributed by atoms with Gasteiger partial charge in [-0.15, -0.1) is 0 Å². The van der Waals surface area contributed by atoms with Crippen LogP contribution in [-0.4, -0.2) is 35.0 Å². The highest BCUT2D eigenvalue weighted by Gasteiger charge is 2.58. The molecule has 3 rings (SSSR count). The minimum atomic E-state index is -0.734. The summed E-state index contributed by atoms with van der Waals surface area (Å²) in [4.78, 5) is 11.6. The fourth-order valence-corrected chi connectivity index (χ4v) is 4.56. The monoisotopic (exact) mass is 360 g/mol. The zero-order valence-electron chi connectivity index (χ0n) is 16.7. The molecule has 26 heavy (non-hydrogen) atoms. The average Bonchev–Trinajstić information content (AvgIpc) is 3.24. The quantitative estimate of drug-likeness (QED) is 0.435. The van der Waals surface area contributed by atoms with Gasteiger partial charge in [0.25, 0.3) is 0 Å². The van der Waals surface area contributed by atoms with E-state index in [1.807, 2.05) is 6.08 Å². The van der Waals surface area contributed by atoms with E-state index in [0.717, 1.165) is 36.8 Å². The van der Waals surface area contributed by atoms with Gasteiger partial charge >= 0.3 is 5.97 Å². The number of rotatable bonds is 1.